The molecule has 3 heteroatoms. The van der Waals surface area contributed by atoms with Crippen LogP contribution in [-0.4, -0.2) is 30.4 Å². The van der Waals surface area contributed by atoms with E-state index < -0.39 is 0 Å². The van der Waals surface area contributed by atoms with Crippen LogP contribution in [0.3, 0.4) is 0 Å². The molecule has 0 unspecified atom stereocenters. The Morgan fingerprint density at radius 3 is 2.00 bits per heavy atom. The Morgan fingerprint density at radius 2 is 1.69 bits per heavy atom. The standard InChI is InChI=1S/C13H28N2O/c1-7-8-15(10-13(5,6)9-14)11(16)12(2,3)4/h7-10,14H2,1-6H3. The Morgan fingerprint density at radius 1 is 1.19 bits per heavy atom. The quantitative estimate of drug-likeness (QED) is 0.784. The van der Waals surface area contributed by atoms with Crippen LogP contribution in [0.25, 0.3) is 0 Å². The summed E-state index contributed by atoms with van der Waals surface area (Å²) in [5.41, 5.74) is 5.41. The highest BCUT2D eigenvalue weighted by molar-refractivity contribution is 5.81. The summed E-state index contributed by atoms with van der Waals surface area (Å²) >= 11 is 0. The lowest BCUT2D eigenvalue weighted by atomic mass is 9.90. The molecule has 2 N–H and O–H groups in total. The van der Waals surface area contributed by atoms with Gasteiger partial charge in [-0.25, -0.2) is 0 Å². The molecular weight excluding hydrogens is 200 g/mol. The molecule has 0 aromatic carbocycles. The number of carbonyl (C=O) groups excluding carboxylic acids is 1. The molecule has 0 bridgehead atoms. The van der Waals surface area contributed by atoms with Gasteiger partial charge < -0.3 is 10.6 Å². The van der Waals surface area contributed by atoms with Crippen LogP contribution >= 0.6 is 0 Å². The van der Waals surface area contributed by atoms with E-state index in [1.807, 2.05) is 25.7 Å². The van der Waals surface area contributed by atoms with Crippen molar-refractivity contribution in [2.75, 3.05) is 19.6 Å². The zero-order valence-electron chi connectivity index (χ0n) is 11.8. The molecule has 0 fully saturated rings. The number of rotatable bonds is 5. The summed E-state index contributed by atoms with van der Waals surface area (Å²) in [6, 6.07) is 0. The minimum absolute atomic E-state index is 0.00389. The first-order chi connectivity index (χ1) is 7.14. The van der Waals surface area contributed by atoms with Crippen molar-refractivity contribution in [3.8, 4) is 0 Å². The first kappa shape index (κ1) is 15.4. The highest BCUT2D eigenvalue weighted by atomic mass is 16.2. The lowest BCUT2D eigenvalue weighted by molar-refractivity contribution is -0.140. The molecule has 0 aromatic rings. The smallest absolute Gasteiger partial charge is 0.227 e. The van der Waals surface area contributed by atoms with E-state index in [4.69, 9.17) is 5.73 Å². The second-order valence-electron chi connectivity index (χ2n) is 6.35. The van der Waals surface area contributed by atoms with E-state index in [0.717, 1.165) is 19.5 Å². The minimum atomic E-state index is -0.306. The Labute approximate surface area is 100 Å². The number of amides is 1. The Balaban J connectivity index is 4.69. The summed E-state index contributed by atoms with van der Waals surface area (Å²) in [7, 11) is 0. The summed E-state index contributed by atoms with van der Waals surface area (Å²) in [6.07, 6.45) is 0.989. The molecule has 0 heterocycles. The lowest BCUT2D eigenvalue weighted by Crippen LogP contribution is -2.46. The molecule has 0 aliphatic rings. The van der Waals surface area contributed by atoms with Crippen molar-refractivity contribution in [2.24, 2.45) is 16.6 Å². The van der Waals surface area contributed by atoms with Gasteiger partial charge in [0.2, 0.25) is 5.91 Å². The van der Waals surface area contributed by atoms with Crippen LogP contribution in [0.5, 0.6) is 0 Å². The number of carbonyl (C=O) groups is 1. The van der Waals surface area contributed by atoms with Crippen molar-refractivity contribution in [1.29, 1.82) is 0 Å². The van der Waals surface area contributed by atoms with E-state index in [2.05, 4.69) is 20.8 Å². The van der Waals surface area contributed by atoms with E-state index >= 15 is 0 Å². The van der Waals surface area contributed by atoms with Gasteiger partial charge in [0.25, 0.3) is 0 Å². The maximum atomic E-state index is 12.2. The number of nitrogens with two attached hydrogens (primary N) is 1. The largest absolute Gasteiger partial charge is 0.342 e. The lowest BCUT2D eigenvalue weighted by Gasteiger charge is -2.35. The van der Waals surface area contributed by atoms with Crippen molar-refractivity contribution < 1.29 is 4.79 Å². The van der Waals surface area contributed by atoms with Crippen molar-refractivity contribution in [3.63, 3.8) is 0 Å². The predicted molar refractivity (Wildman–Crippen MR) is 69.2 cm³/mol. The van der Waals surface area contributed by atoms with Crippen molar-refractivity contribution in [3.05, 3.63) is 0 Å². The summed E-state index contributed by atoms with van der Waals surface area (Å²) in [5.74, 6) is 0.218. The second-order valence-corrected chi connectivity index (χ2v) is 6.35. The Kier molecular flexibility index (Phi) is 5.47. The third kappa shape index (κ3) is 4.97. The molecule has 0 spiro atoms. The second kappa shape index (κ2) is 5.67. The highest BCUT2D eigenvalue weighted by Gasteiger charge is 2.30. The van der Waals surface area contributed by atoms with E-state index in [-0.39, 0.29) is 16.7 Å². The summed E-state index contributed by atoms with van der Waals surface area (Å²) in [6.45, 7) is 14.4. The van der Waals surface area contributed by atoms with E-state index in [9.17, 15) is 4.79 Å². The molecule has 0 aliphatic heterocycles. The van der Waals surface area contributed by atoms with Crippen LogP contribution in [0.15, 0.2) is 0 Å². The van der Waals surface area contributed by atoms with E-state index in [1.165, 1.54) is 0 Å². The molecule has 3 nitrogen and oxygen atoms in total. The van der Waals surface area contributed by atoms with Gasteiger partial charge >= 0.3 is 0 Å². The molecule has 0 aliphatic carbocycles. The van der Waals surface area contributed by atoms with Crippen LogP contribution in [0.4, 0.5) is 0 Å². The molecule has 0 aromatic heterocycles. The van der Waals surface area contributed by atoms with Gasteiger partial charge in [0, 0.05) is 18.5 Å². The van der Waals surface area contributed by atoms with Gasteiger partial charge in [-0.15, -0.1) is 0 Å². The fourth-order valence-corrected chi connectivity index (χ4v) is 1.58. The number of hydrogen-bond donors (Lipinski definition) is 1. The molecule has 0 rings (SSSR count). The zero-order valence-corrected chi connectivity index (χ0v) is 11.8. The monoisotopic (exact) mass is 228 g/mol. The van der Waals surface area contributed by atoms with Gasteiger partial charge in [-0.2, -0.15) is 0 Å². The molecule has 0 saturated carbocycles. The molecule has 0 atom stereocenters. The number of hydrogen-bond acceptors (Lipinski definition) is 2. The zero-order chi connectivity index (χ0) is 13.0. The van der Waals surface area contributed by atoms with Gasteiger partial charge in [0.05, 0.1) is 0 Å². The summed E-state index contributed by atoms with van der Waals surface area (Å²) in [4.78, 5) is 14.2. The van der Waals surface area contributed by atoms with Crippen LogP contribution in [-0.2, 0) is 4.79 Å². The van der Waals surface area contributed by atoms with Crippen LogP contribution in [0.2, 0.25) is 0 Å². The SMILES string of the molecule is CCCN(CC(C)(C)CN)C(=O)C(C)(C)C. The summed E-state index contributed by atoms with van der Waals surface area (Å²) in [5, 5.41) is 0. The third-order valence-electron chi connectivity index (χ3n) is 2.59. The average molecular weight is 228 g/mol. The Bertz CT molecular complexity index is 229. The van der Waals surface area contributed by atoms with Crippen molar-refractivity contribution in [1.82, 2.24) is 4.90 Å². The highest BCUT2D eigenvalue weighted by Crippen LogP contribution is 2.22. The topological polar surface area (TPSA) is 46.3 Å². The molecule has 1 amide bonds. The maximum absolute atomic E-state index is 12.2. The molecule has 96 valence electrons. The van der Waals surface area contributed by atoms with Crippen LogP contribution in [0.1, 0.15) is 48.0 Å². The maximum Gasteiger partial charge on any atom is 0.227 e. The minimum Gasteiger partial charge on any atom is -0.342 e. The van der Waals surface area contributed by atoms with Crippen LogP contribution in [0, 0.1) is 10.8 Å². The molecule has 0 saturated heterocycles. The molecule has 16 heavy (non-hydrogen) atoms. The predicted octanol–water partition coefficient (Wildman–Crippen LogP) is 2.26. The first-order valence-corrected chi connectivity index (χ1v) is 6.13. The van der Waals surface area contributed by atoms with Gasteiger partial charge in [-0.05, 0) is 18.4 Å². The number of nitrogens with zero attached hydrogens (tertiary/aromatic N) is 1. The Hall–Kier alpha value is -0.570. The van der Waals surface area contributed by atoms with Gasteiger partial charge in [-0.3, -0.25) is 4.79 Å². The third-order valence-corrected chi connectivity index (χ3v) is 2.59. The summed E-state index contributed by atoms with van der Waals surface area (Å²) < 4.78 is 0. The fraction of sp³-hybridized carbons (Fsp3) is 0.923. The van der Waals surface area contributed by atoms with Crippen LogP contribution < -0.4 is 5.73 Å². The van der Waals surface area contributed by atoms with Crippen molar-refractivity contribution >= 4 is 5.91 Å². The van der Waals surface area contributed by atoms with Gasteiger partial charge in [0.1, 0.15) is 0 Å². The van der Waals surface area contributed by atoms with Crippen molar-refractivity contribution in [2.45, 2.75) is 48.0 Å². The fourth-order valence-electron chi connectivity index (χ4n) is 1.58. The van der Waals surface area contributed by atoms with Gasteiger partial charge in [0.15, 0.2) is 0 Å². The van der Waals surface area contributed by atoms with E-state index in [0.29, 0.717) is 6.54 Å². The average Bonchev–Trinajstić information content (AvgIpc) is 2.14. The van der Waals surface area contributed by atoms with E-state index in [1.54, 1.807) is 0 Å². The first-order valence-electron chi connectivity index (χ1n) is 6.13. The normalized spacial score (nSPS) is 12.7. The molecule has 0 radical (unpaired) electrons. The van der Waals surface area contributed by atoms with Gasteiger partial charge in [-0.1, -0.05) is 41.5 Å². The molecular formula is C13H28N2O.